The average molecular weight is 270 g/mol. The second-order valence-electron chi connectivity index (χ2n) is 3.45. The highest BCUT2D eigenvalue weighted by atomic mass is 32.2. The molecule has 0 N–H and O–H groups in total. The van der Waals surface area contributed by atoms with Crippen LogP contribution in [0.25, 0.3) is 0 Å². The summed E-state index contributed by atoms with van der Waals surface area (Å²) >= 11 is 0.930. The molecule has 0 spiro atoms. The Morgan fingerprint density at radius 1 is 1.29 bits per heavy atom. The van der Waals surface area contributed by atoms with Crippen molar-refractivity contribution < 1.29 is 8.42 Å². The Hall–Kier alpha value is -1.54. The number of hydrogen-bond donors (Lipinski definition) is 0. The van der Waals surface area contributed by atoms with Crippen LogP contribution in [0.5, 0.6) is 0 Å². The normalized spacial score (nSPS) is 12.9. The summed E-state index contributed by atoms with van der Waals surface area (Å²) in [5, 5.41) is 3.64. The molecule has 0 atom stereocenters. The van der Waals surface area contributed by atoms with Crippen LogP contribution in [0.2, 0.25) is 0 Å². The van der Waals surface area contributed by atoms with E-state index in [1.807, 2.05) is 6.92 Å². The van der Waals surface area contributed by atoms with Crippen molar-refractivity contribution in [2.24, 2.45) is 11.4 Å². The van der Waals surface area contributed by atoms with Crippen LogP contribution in [0.15, 0.2) is 33.6 Å². The lowest BCUT2D eigenvalue weighted by molar-refractivity contribution is 0.594. The predicted molar refractivity (Wildman–Crippen MR) is 62.8 cm³/mol. The molecule has 0 aliphatic heterocycles. The molecule has 0 radical (unpaired) electrons. The molecular formula is C9H10N4O2S2. The number of benzene rings is 1. The van der Waals surface area contributed by atoms with Gasteiger partial charge in [0.05, 0.1) is 4.90 Å². The molecule has 2 rings (SSSR count). The van der Waals surface area contributed by atoms with Crippen molar-refractivity contribution in [3.63, 3.8) is 0 Å². The molecular weight excluding hydrogens is 260 g/mol. The first-order chi connectivity index (χ1) is 7.99. The third-order valence-corrected chi connectivity index (χ3v) is 4.16. The molecule has 0 aliphatic carbocycles. The molecule has 0 aliphatic rings. The van der Waals surface area contributed by atoms with Crippen molar-refractivity contribution in [3.8, 4) is 0 Å². The highest BCUT2D eigenvalue weighted by Crippen LogP contribution is 2.12. The van der Waals surface area contributed by atoms with Gasteiger partial charge in [-0.25, -0.2) is 4.68 Å². The Morgan fingerprint density at radius 3 is 2.47 bits per heavy atom. The molecule has 90 valence electrons. The zero-order valence-electron chi connectivity index (χ0n) is 9.23. The fourth-order valence-corrected chi connectivity index (χ4v) is 2.86. The largest absolute Gasteiger partial charge is 0.285 e. The fourth-order valence-electron chi connectivity index (χ4n) is 1.15. The van der Waals surface area contributed by atoms with Crippen molar-refractivity contribution in [2.75, 3.05) is 0 Å². The summed E-state index contributed by atoms with van der Waals surface area (Å²) in [5.41, 5.74) is 0.994. The van der Waals surface area contributed by atoms with E-state index in [0.29, 0.717) is 0 Å². The van der Waals surface area contributed by atoms with E-state index in [2.05, 4.69) is 14.1 Å². The first-order valence-electron chi connectivity index (χ1n) is 4.72. The minimum absolute atomic E-state index is 0.163. The molecule has 0 saturated carbocycles. The molecule has 1 aromatic carbocycles. The maximum absolute atomic E-state index is 11.9. The van der Waals surface area contributed by atoms with E-state index in [1.165, 1.54) is 16.8 Å². The molecule has 0 saturated heterocycles. The van der Waals surface area contributed by atoms with Gasteiger partial charge in [-0.2, -0.15) is 8.42 Å². The molecule has 0 fully saturated rings. The molecule has 2 aromatic rings. The topological polar surface area (TPSA) is 77.2 Å². The summed E-state index contributed by atoms with van der Waals surface area (Å²) in [6.45, 7) is 1.89. The maximum atomic E-state index is 11.9. The minimum Gasteiger partial charge on any atom is -0.221 e. The van der Waals surface area contributed by atoms with Gasteiger partial charge in [0.25, 0.3) is 10.0 Å². The number of hydrogen-bond acceptors (Lipinski definition) is 5. The Morgan fingerprint density at radius 2 is 1.94 bits per heavy atom. The van der Waals surface area contributed by atoms with Crippen molar-refractivity contribution in [1.29, 1.82) is 0 Å². The van der Waals surface area contributed by atoms with Crippen LogP contribution in [0.4, 0.5) is 0 Å². The van der Waals surface area contributed by atoms with Crippen LogP contribution >= 0.6 is 11.5 Å². The van der Waals surface area contributed by atoms with Gasteiger partial charge in [-0.05, 0) is 19.1 Å². The molecule has 17 heavy (non-hydrogen) atoms. The van der Waals surface area contributed by atoms with Gasteiger partial charge >= 0.3 is 0 Å². The first kappa shape index (κ1) is 11.9. The van der Waals surface area contributed by atoms with E-state index in [4.69, 9.17) is 0 Å². The van der Waals surface area contributed by atoms with Gasteiger partial charge in [-0.1, -0.05) is 27.4 Å². The molecule has 1 aromatic heterocycles. The Bertz CT molecular complexity index is 682. The second kappa shape index (κ2) is 4.38. The number of aromatic nitrogens is 3. The van der Waals surface area contributed by atoms with Crippen LogP contribution in [0.3, 0.4) is 0 Å². The van der Waals surface area contributed by atoms with Crippen LogP contribution in [-0.2, 0) is 17.1 Å². The standard InChI is InChI=1S/C9H10N4O2S2/c1-7-3-5-8(6-4-7)17(14,15)10-9-13(2)11-12-16-9/h3-6H,1-2H3/b10-9-. The Balaban J connectivity index is 2.52. The smallest absolute Gasteiger partial charge is 0.221 e. The van der Waals surface area contributed by atoms with Crippen molar-refractivity contribution in [1.82, 2.24) is 14.4 Å². The third kappa shape index (κ3) is 2.59. The van der Waals surface area contributed by atoms with E-state index in [0.717, 1.165) is 17.1 Å². The Kier molecular flexibility index (Phi) is 3.07. The molecule has 8 heteroatoms. The summed E-state index contributed by atoms with van der Waals surface area (Å²) in [6.07, 6.45) is 0. The van der Waals surface area contributed by atoms with E-state index < -0.39 is 10.0 Å². The van der Waals surface area contributed by atoms with Gasteiger partial charge in [0.2, 0.25) is 4.80 Å². The van der Waals surface area contributed by atoms with Crippen LogP contribution in [-0.4, -0.2) is 22.8 Å². The fraction of sp³-hybridized carbons (Fsp3) is 0.222. The first-order valence-corrected chi connectivity index (χ1v) is 6.94. The number of nitrogens with zero attached hydrogens (tertiary/aromatic N) is 4. The lowest BCUT2D eigenvalue weighted by Crippen LogP contribution is -2.14. The molecule has 0 unspecified atom stereocenters. The SMILES string of the molecule is Cc1ccc(S(=O)(=O)/N=c2\snnn2C)cc1. The predicted octanol–water partition coefficient (Wildman–Crippen LogP) is 0.475. The van der Waals surface area contributed by atoms with Crippen LogP contribution in [0.1, 0.15) is 5.56 Å². The lowest BCUT2D eigenvalue weighted by Gasteiger charge is -1.98. The van der Waals surface area contributed by atoms with Gasteiger partial charge in [-0.15, -0.1) is 4.40 Å². The average Bonchev–Trinajstić information content (AvgIpc) is 2.64. The summed E-state index contributed by atoms with van der Waals surface area (Å²) in [4.78, 5) is 0.405. The van der Waals surface area contributed by atoms with Gasteiger partial charge in [-0.3, -0.25) is 0 Å². The highest BCUT2D eigenvalue weighted by molar-refractivity contribution is 7.90. The number of rotatable bonds is 2. The monoisotopic (exact) mass is 270 g/mol. The zero-order chi connectivity index (χ0) is 12.5. The van der Waals surface area contributed by atoms with E-state index in [1.54, 1.807) is 19.2 Å². The van der Waals surface area contributed by atoms with E-state index in [9.17, 15) is 8.42 Å². The van der Waals surface area contributed by atoms with Crippen molar-refractivity contribution >= 4 is 21.6 Å². The van der Waals surface area contributed by atoms with Gasteiger partial charge in [0, 0.05) is 18.6 Å². The lowest BCUT2D eigenvalue weighted by atomic mass is 10.2. The van der Waals surface area contributed by atoms with Crippen molar-refractivity contribution in [3.05, 3.63) is 34.6 Å². The highest BCUT2D eigenvalue weighted by Gasteiger charge is 2.12. The van der Waals surface area contributed by atoms with Crippen molar-refractivity contribution in [2.45, 2.75) is 11.8 Å². The molecule has 0 bridgehead atoms. The van der Waals surface area contributed by atoms with Gasteiger partial charge < -0.3 is 0 Å². The number of aryl methyl sites for hydroxylation is 2. The summed E-state index contributed by atoms with van der Waals surface area (Å²) in [6, 6.07) is 6.52. The van der Waals surface area contributed by atoms with Gasteiger partial charge in [0.1, 0.15) is 0 Å². The quantitative estimate of drug-likeness (QED) is 0.795. The Labute approximate surface area is 102 Å². The van der Waals surface area contributed by atoms with Gasteiger partial charge in [0.15, 0.2) is 0 Å². The molecule has 0 amide bonds. The molecule has 6 nitrogen and oxygen atoms in total. The maximum Gasteiger partial charge on any atom is 0.285 e. The van der Waals surface area contributed by atoms with Crippen LogP contribution < -0.4 is 4.80 Å². The molecule has 1 heterocycles. The summed E-state index contributed by atoms with van der Waals surface area (Å²) in [5.74, 6) is 0. The summed E-state index contributed by atoms with van der Waals surface area (Å²) in [7, 11) is -2.10. The second-order valence-corrected chi connectivity index (χ2v) is 5.76. The van der Waals surface area contributed by atoms with Crippen LogP contribution in [0, 0.1) is 6.92 Å². The minimum atomic E-state index is -3.69. The van der Waals surface area contributed by atoms with E-state index in [-0.39, 0.29) is 9.70 Å². The number of sulfonamides is 1. The van der Waals surface area contributed by atoms with E-state index >= 15 is 0 Å². The zero-order valence-corrected chi connectivity index (χ0v) is 10.9. The summed E-state index contributed by atoms with van der Waals surface area (Å²) < 4.78 is 32.5. The third-order valence-electron chi connectivity index (χ3n) is 2.09.